The lowest BCUT2D eigenvalue weighted by atomic mass is 10.1. The number of ether oxygens (including phenoxy) is 2. The van der Waals surface area contributed by atoms with Crippen LogP contribution in [0.2, 0.25) is 5.02 Å². The van der Waals surface area contributed by atoms with Crippen molar-refractivity contribution in [2.24, 2.45) is 0 Å². The van der Waals surface area contributed by atoms with Gasteiger partial charge in [0, 0.05) is 13.7 Å². The van der Waals surface area contributed by atoms with E-state index in [1.807, 2.05) is 0 Å². The summed E-state index contributed by atoms with van der Waals surface area (Å²) in [6, 6.07) is 2.71. The molecule has 2 rings (SSSR count). The molecule has 3 N–H and O–H groups in total. The molecule has 6 nitrogen and oxygen atoms in total. The fourth-order valence-electron chi connectivity index (χ4n) is 2.25. The average molecular weight is 322 g/mol. The number of nitrogen functional groups attached to an aromatic ring is 1. The molecule has 1 aliphatic rings. The van der Waals surface area contributed by atoms with E-state index in [2.05, 4.69) is 0 Å². The molecular weight excluding hydrogens is 306 g/mol. The van der Waals surface area contributed by atoms with Crippen LogP contribution in [0.15, 0.2) is 17.0 Å². The first kappa shape index (κ1) is 15.4. The number of phenols is 1. The molecular formula is C12H16ClNO5S. The van der Waals surface area contributed by atoms with E-state index in [9.17, 15) is 13.5 Å². The van der Waals surface area contributed by atoms with Gasteiger partial charge in [0.1, 0.15) is 4.90 Å². The van der Waals surface area contributed by atoms with Gasteiger partial charge in [0.05, 0.1) is 28.7 Å². The summed E-state index contributed by atoms with van der Waals surface area (Å²) >= 11 is 5.93. The molecule has 0 aliphatic carbocycles. The maximum Gasteiger partial charge on any atom is 0.189 e. The third-order valence-electron chi connectivity index (χ3n) is 3.34. The summed E-state index contributed by atoms with van der Waals surface area (Å²) in [5, 5.41) is 9.06. The maximum atomic E-state index is 12.7. The predicted molar refractivity (Wildman–Crippen MR) is 74.7 cm³/mol. The highest BCUT2D eigenvalue weighted by Gasteiger charge is 2.40. The summed E-state index contributed by atoms with van der Waals surface area (Å²) in [4.78, 5) is -0.340. The molecule has 0 unspecified atom stereocenters. The number of hydrogen-bond acceptors (Lipinski definition) is 6. The molecule has 0 saturated carbocycles. The number of aromatic hydroxyl groups is 1. The van der Waals surface area contributed by atoms with Gasteiger partial charge in [-0.2, -0.15) is 0 Å². The molecule has 1 heterocycles. The molecule has 20 heavy (non-hydrogen) atoms. The Balaban J connectivity index is 2.52. The van der Waals surface area contributed by atoms with Crippen LogP contribution < -0.4 is 5.73 Å². The lowest BCUT2D eigenvalue weighted by molar-refractivity contribution is -0.0263. The molecule has 1 fully saturated rings. The van der Waals surface area contributed by atoms with Gasteiger partial charge in [-0.3, -0.25) is 0 Å². The smallest absolute Gasteiger partial charge is 0.189 e. The van der Waals surface area contributed by atoms with Crippen molar-refractivity contribution in [3.8, 4) is 5.75 Å². The second-order valence-electron chi connectivity index (χ2n) is 4.54. The molecule has 8 heteroatoms. The maximum absolute atomic E-state index is 12.7. The second-order valence-corrected chi connectivity index (χ2v) is 7.05. The Labute approximate surface area is 122 Å². The third-order valence-corrected chi connectivity index (χ3v) is 6.09. The first-order valence-corrected chi connectivity index (χ1v) is 7.93. The summed E-state index contributed by atoms with van der Waals surface area (Å²) in [6.45, 7) is 0.492. The van der Waals surface area contributed by atoms with E-state index in [0.29, 0.717) is 6.61 Å². The van der Waals surface area contributed by atoms with E-state index < -0.39 is 26.9 Å². The van der Waals surface area contributed by atoms with Crippen LogP contribution in [-0.4, -0.2) is 45.2 Å². The van der Waals surface area contributed by atoms with Crippen LogP contribution in [0, 0.1) is 0 Å². The van der Waals surface area contributed by atoms with Crippen molar-refractivity contribution < 1.29 is 23.0 Å². The minimum absolute atomic E-state index is 0.0333. The largest absolute Gasteiger partial charge is 0.504 e. The Morgan fingerprint density at radius 1 is 1.50 bits per heavy atom. The fourth-order valence-corrected chi connectivity index (χ4v) is 4.75. The van der Waals surface area contributed by atoms with Crippen LogP contribution in [0.4, 0.5) is 5.69 Å². The normalized spacial score (nSPS) is 23.7. The second kappa shape index (κ2) is 5.77. The number of anilines is 1. The topological polar surface area (TPSA) is 98.9 Å². The van der Waals surface area contributed by atoms with Crippen molar-refractivity contribution in [2.75, 3.05) is 26.1 Å². The molecule has 0 amide bonds. The zero-order valence-electron chi connectivity index (χ0n) is 10.9. The van der Waals surface area contributed by atoms with Crippen molar-refractivity contribution in [3.63, 3.8) is 0 Å². The number of phenolic OH excluding ortho intramolecular Hbond substituents is 1. The van der Waals surface area contributed by atoms with Gasteiger partial charge in [-0.05, 0) is 18.6 Å². The van der Waals surface area contributed by atoms with E-state index >= 15 is 0 Å². The summed E-state index contributed by atoms with van der Waals surface area (Å²) in [6.07, 6.45) is -0.337. The summed E-state index contributed by atoms with van der Waals surface area (Å²) < 4.78 is 35.8. The quantitative estimate of drug-likeness (QED) is 0.641. The number of benzene rings is 1. The first-order valence-electron chi connectivity index (χ1n) is 6.01. The summed E-state index contributed by atoms with van der Waals surface area (Å²) in [5.74, 6) is -0.515. The molecule has 0 aromatic heterocycles. The highest BCUT2D eigenvalue weighted by Crippen LogP contribution is 2.39. The third kappa shape index (κ3) is 2.58. The SMILES string of the molecule is CO[C@H]1COCC[C@@H]1S(=O)(=O)c1c(Cl)ccc(N)c1O. The van der Waals surface area contributed by atoms with Gasteiger partial charge in [0.25, 0.3) is 0 Å². The zero-order valence-corrected chi connectivity index (χ0v) is 12.4. The van der Waals surface area contributed by atoms with E-state index in [-0.39, 0.29) is 28.6 Å². The molecule has 0 radical (unpaired) electrons. The molecule has 1 saturated heterocycles. The Hall–Kier alpha value is -1.02. The lowest BCUT2D eigenvalue weighted by Gasteiger charge is -2.30. The number of halogens is 1. The zero-order chi connectivity index (χ0) is 14.9. The predicted octanol–water partition coefficient (Wildman–Crippen LogP) is 1.21. The van der Waals surface area contributed by atoms with Crippen LogP contribution in [0.5, 0.6) is 5.75 Å². The van der Waals surface area contributed by atoms with Crippen LogP contribution in [0.25, 0.3) is 0 Å². The molecule has 1 aromatic rings. The van der Waals surface area contributed by atoms with Crippen LogP contribution in [0.1, 0.15) is 6.42 Å². The molecule has 0 spiro atoms. The Kier molecular flexibility index (Phi) is 4.43. The first-order chi connectivity index (χ1) is 9.39. The van der Waals surface area contributed by atoms with Gasteiger partial charge in [-0.1, -0.05) is 11.6 Å². The van der Waals surface area contributed by atoms with Crippen molar-refractivity contribution in [1.29, 1.82) is 0 Å². The van der Waals surface area contributed by atoms with Crippen molar-refractivity contribution >= 4 is 27.1 Å². The standard InChI is InChI=1S/C12H16ClNO5S/c1-18-9-6-19-5-4-10(9)20(16,17)12-7(13)2-3-8(14)11(12)15/h2-3,9-10,15H,4-6,14H2,1H3/t9-,10-/m0/s1. The Morgan fingerprint density at radius 2 is 2.20 bits per heavy atom. The average Bonchev–Trinajstić information content (AvgIpc) is 2.43. The van der Waals surface area contributed by atoms with Gasteiger partial charge in [0.2, 0.25) is 0 Å². The summed E-state index contributed by atoms with van der Waals surface area (Å²) in [7, 11) is -2.45. The fraction of sp³-hybridized carbons (Fsp3) is 0.500. The van der Waals surface area contributed by atoms with Crippen molar-refractivity contribution in [1.82, 2.24) is 0 Å². The molecule has 2 atom stereocenters. The van der Waals surface area contributed by atoms with E-state index in [1.165, 1.54) is 19.2 Å². The van der Waals surface area contributed by atoms with Crippen LogP contribution >= 0.6 is 11.6 Å². The number of nitrogens with two attached hydrogens (primary N) is 1. The van der Waals surface area contributed by atoms with Crippen molar-refractivity contribution in [2.45, 2.75) is 22.7 Å². The van der Waals surface area contributed by atoms with E-state index in [4.69, 9.17) is 26.8 Å². The lowest BCUT2D eigenvalue weighted by Crippen LogP contribution is -2.43. The molecule has 0 bridgehead atoms. The molecule has 1 aromatic carbocycles. The number of sulfone groups is 1. The van der Waals surface area contributed by atoms with Gasteiger partial charge in [-0.15, -0.1) is 0 Å². The Morgan fingerprint density at radius 3 is 2.85 bits per heavy atom. The van der Waals surface area contributed by atoms with Gasteiger partial charge >= 0.3 is 0 Å². The monoisotopic (exact) mass is 321 g/mol. The summed E-state index contributed by atoms with van der Waals surface area (Å²) in [5.41, 5.74) is 5.52. The highest BCUT2D eigenvalue weighted by molar-refractivity contribution is 7.92. The highest BCUT2D eigenvalue weighted by atomic mass is 35.5. The van der Waals surface area contributed by atoms with Crippen LogP contribution in [-0.2, 0) is 19.3 Å². The van der Waals surface area contributed by atoms with E-state index in [1.54, 1.807) is 0 Å². The van der Waals surface area contributed by atoms with Crippen molar-refractivity contribution in [3.05, 3.63) is 17.2 Å². The minimum Gasteiger partial charge on any atom is -0.504 e. The Bertz CT molecular complexity index is 604. The van der Waals surface area contributed by atoms with E-state index in [0.717, 1.165) is 0 Å². The van der Waals surface area contributed by atoms with Gasteiger partial charge < -0.3 is 20.3 Å². The van der Waals surface area contributed by atoms with Gasteiger partial charge in [-0.25, -0.2) is 8.42 Å². The number of hydrogen-bond donors (Lipinski definition) is 2. The number of rotatable bonds is 3. The van der Waals surface area contributed by atoms with Crippen LogP contribution in [0.3, 0.4) is 0 Å². The number of methoxy groups -OCH3 is 1. The van der Waals surface area contributed by atoms with Gasteiger partial charge in [0.15, 0.2) is 15.6 Å². The molecule has 112 valence electrons. The molecule has 1 aliphatic heterocycles. The minimum atomic E-state index is -3.87.